The molecule has 124 valence electrons. The number of carboxylic acid groups (broad SMARTS) is 1. The largest absolute Gasteiger partial charge is 0.480 e. The number of carbonyl (C=O) groups is 2. The summed E-state index contributed by atoms with van der Waals surface area (Å²) in [5.74, 6) is -1.66. The fourth-order valence-electron chi connectivity index (χ4n) is 1.98. The number of rotatable bonds is 8. The highest BCUT2D eigenvalue weighted by molar-refractivity contribution is 5.87. The number of nitro groups is 1. The minimum Gasteiger partial charge on any atom is -0.480 e. The number of carbonyl (C=O) groups excluding carboxylic acids is 1. The topological polar surface area (TPSA) is 113 Å². The van der Waals surface area contributed by atoms with Crippen LogP contribution in [0.3, 0.4) is 0 Å². The highest BCUT2D eigenvalue weighted by Gasteiger charge is 2.21. The van der Waals surface area contributed by atoms with Crippen molar-refractivity contribution in [3.63, 3.8) is 0 Å². The number of likely N-dealkylation sites (N-methyl/N-ethyl adjacent to an activating group) is 1. The van der Waals surface area contributed by atoms with E-state index in [-0.39, 0.29) is 24.3 Å². The standard InChI is InChI=1S/C15H19N3O5/c1-3-4-7-11(15(20)21)16-14(19)10-17(2)12-8-5-6-9-13(12)18(22)23/h3-6,8-9,11H,7,10H2,1-2H3,(H,16,19)(H,20,21)/b4-3+. The van der Waals surface area contributed by atoms with Crippen LogP contribution in [0, 0.1) is 10.1 Å². The quantitative estimate of drug-likeness (QED) is 0.427. The van der Waals surface area contributed by atoms with Crippen LogP contribution in [0.15, 0.2) is 36.4 Å². The lowest BCUT2D eigenvalue weighted by atomic mass is 10.2. The lowest BCUT2D eigenvalue weighted by molar-refractivity contribution is -0.384. The molecule has 0 aliphatic rings. The average molecular weight is 321 g/mol. The third-order valence-corrected chi connectivity index (χ3v) is 3.11. The molecule has 1 unspecified atom stereocenters. The summed E-state index contributed by atoms with van der Waals surface area (Å²) in [4.78, 5) is 34.9. The van der Waals surface area contributed by atoms with Crippen molar-refractivity contribution in [1.82, 2.24) is 5.32 Å². The smallest absolute Gasteiger partial charge is 0.326 e. The molecule has 1 amide bonds. The molecule has 0 aromatic heterocycles. The number of benzene rings is 1. The normalized spacial score (nSPS) is 11.9. The van der Waals surface area contributed by atoms with Crippen LogP contribution in [-0.2, 0) is 9.59 Å². The summed E-state index contributed by atoms with van der Waals surface area (Å²) < 4.78 is 0. The van der Waals surface area contributed by atoms with Crippen molar-refractivity contribution in [3.05, 3.63) is 46.5 Å². The van der Waals surface area contributed by atoms with Gasteiger partial charge in [0.2, 0.25) is 5.91 Å². The molecule has 2 N–H and O–H groups in total. The highest BCUT2D eigenvalue weighted by atomic mass is 16.6. The molecule has 1 aromatic carbocycles. The van der Waals surface area contributed by atoms with E-state index in [1.807, 2.05) is 0 Å². The van der Waals surface area contributed by atoms with Gasteiger partial charge in [0.05, 0.1) is 11.5 Å². The Labute approximate surface area is 133 Å². The van der Waals surface area contributed by atoms with Gasteiger partial charge in [-0.15, -0.1) is 0 Å². The van der Waals surface area contributed by atoms with Crippen molar-refractivity contribution in [1.29, 1.82) is 0 Å². The van der Waals surface area contributed by atoms with Gasteiger partial charge in [0.15, 0.2) is 0 Å². The molecule has 0 heterocycles. The van der Waals surface area contributed by atoms with Crippen LogP contribution < -0.4 is 10.2 Å². The summed E-state index contributed by atoms with van der Waals surface area (Å²) in [6, 6.07) is 5.00. The number of amides is 1. The summed E-state index contributed by atoms with van der Waals surface area (Å²) in [6.45, 7) is 1.56. The third-order valence-electron chi connectivity index (χ3n) is 3.11. The zero-order chi connectivity index (χ0) is 17.4. The van der Waals surface area contributed by atoms with E-state index < -0.39 is 22.8 Å². The van der Waals surface area contributed by atoms with Gasteiger partial charge in [0, 0.05) is 13.1 Å². The molecule has 0 aliphatic carbocycles. The van der Waals surface area contributed by atoms with Crippen molar-refractivity contribution in [2.75, 3.05) is 18.5 Å². The zero-order valence-corrected chi connectivity index (χ0v) is 12.9. The van der Waals surface area contributed by atoms with Gasteiger partial charge in [-0.05, 0) is 19.4 Å². The Kier molecular flexibility index (Phi) is 6.72. The van der Waals surface area contributed by atoms with Crippen LogP contribution in [0.25, 0.3) is 0 Å². The van der Waals surface area contributed by atoms with Crippen LogP contribution in [0.4, 0.5) is 11.4 Å². The van der Waals surface area contributed by atoms with Crippen molar-refractivity contribution in [2.24, 2.45) is 0 Å². The van der Waals surface area contributed by atoms with Gasteiger partial charge in [-0.1, -0.05) is 24.3 Å². The molecule has 0 radical (unpaired) electrons. The molecule has 0 aliphatic heterocycles. The Hall–Kier alpha value is -2.90. The van der Waals surface area contributed by atoms with Crippen LogP contribution >= 0.6 is 0 Å². The molecule has 0 spiro atoms. The summed E-state index contributed by atoms with van der Waals surface area (Å²) in [6.07, 6.45) is 3.51. The number of nitrogens with one attached hydrogen (secondary N) is 1. The van der Waals surface area contributed by atoms with E-state index >= 15 is 0 Å². The Morgan fingerprint density at radius 3 is 2.65 bits per heavy atom. The van der Waals surface area contributed by atoms with Gasteiger partial charge in [-0.3, -0.25) is 14.9 Å². The molecule has 0 bridgehead atoms. The van der Waals surface area contributed by atoms with Gasteiger partial charge in [0.1, 0.15) is 11.7 Å². The molecule has 1 atom stereocenters. The highest BCUT2D eigenvalue weighted by Crippen LogP contribution is 2.26. The van der Waals surface area contributed by atoms with Crippen LogP contribution in [0.5, 0.6) is 0 Å². The number of hydrogen-bond acceptors (Lipinski definition) is 5. The predicted molar refractivity (Wildman–Crippen MR) is 85.4 cm³/mol. The molecule has 1 aromatic rings. The molecular formula is C15H19N3O5. The number of anilines is 1. The Morgan fingerprint density at radius 2 is 2.09 bits per heavy atom. The Bertz CT molecular complexity index is 615. The van der Waals surface area contributed by atoms with E-state index in [1.165, 1.54) is 30.1 Å². The molecule has 0 saturated carbocycles. The van der Waals surface area contributed by atoms with Crippen LogP contribution in [0.2, 0.25) is 0 Å². The van der Waals surface area contributed by atoms with E-state index in [1.54, 1.807) is 25.1 Å². The lowest BCUT2D eigenvalue weighted by Gasteiger charge is -2.20. The molecule has 8 nitrogen and oxygen atoms in total. The minimum atomic E-state index is -1.13. The summed E-state index contributed by atoms with van der Waals surface area (Å²) in [5, 5.41) is 22.5. The fourth-order valence-corrected chi connectivity index (χ4v) is 1.98. The maximum Gasteiger partial charge on any atom is 0.326 e. The monoisotopic (exact) mass is 321 g/mol. The lowest BCUT2D eigenvalue weighted by Crippen LogP contribution is -2.44. The van der Waals surface area contributed by atoms with Crippen LogP contribution in [-0.4, -0.2) is 41.5 Å². The number of allylic oxidation sites excluding steroid dienone is 1. The maximum absolute atomic E-state index is 12.0. The maximum atomic E-state index is 12.0. The van der Waals surface area contributed by atoms with Gasteiger partial charge in [-0.25, -0.2) is 4.79 Å². The fraction of sp³-hybridized carbons (Fsp3) is 0.333. The van der Waals surface area contributed by atoms with Crippen molar-refractivity contribution < 1.29 is 19.6 Å². The number of aliphatic carboxylic acids is 1. The van der Waals surface area contributed by atoms with Crippen molar-refractivity contribution in [2.45, 2.75) is 19.4 Å². The predicted octanol–water partition coefficient (Wildman–Crippen LogP) is 1.57. The second kappa shape index (κ2) is 8.52. The van der Waals surface area contributed by atoms with Crippen LogP contribution in [0.1, 0.15) is 13.3 Å². The molecule has 1 rings (SSSR count). The average Bonchev–Trinajstić information content (AvgIpc) is 2.50. The van der Waals surface area contributed by atoms with Gasteiger partial charge < -0.3 is 15.3 Å². The first-order chi connectivity index (χ1) is 10.9. The number of nitrogens with zero attached hydrogens (tertiary/aromatic N) is 2. The summed E-state index contributed by atoms with van der Waals surface area (Å²) >= 11 is 0. The number of nitro benzene ring substituents is 1. The van der Waals surface area contributed by atoms with E-state index in [4.69, 9.17) is 5.11 Å². The van der Waals surface area contributed by atoms with Gasteiger partial charge in [0.25, 0.3) is 5.69 Å². The van der Waals surface area contributed by atoms with E-state index in [0.29, 0.717) is 0 Å². The van der Waals surface area contributed by atoms with E-state index in [2.05, 4.69) is 5.32 Å². The second-order valence-electron chi connectivity index (χ2n) is 4.86. The molecule has 23 heavy (non-hydrogen) atoms. The minimum absolute atomic E-state index is 0.119. The molecule has 0 fully saturated rings. The van der Waals surface area contributed by atoms with E-state index in [9.17, 15) is 19.7 Å². The second-order valence-corrected chi connectivity index (χ2v) is 4.86. The number of para-hydroxylation sites is 2. The first-order valence-corrected chi connectivity index (χ1v) is 6.94. The number of carboxylic acids is 1. The Balaban J connectivity index is 2.77. The van der Waals surface area contributed by atoms with Crippen molar-refractivity contribution in [3.8, 4) is 0 Å². The van der Waals surface area contributed by atoms with Gasteiger partial charge >= 0.3 is 5.97 Å². The SMILES string of the molecule is C/C=C/CC(NC(=O)CN(C)c1ccccc1[N+](=O)[O-])C(=O)O. The van der Waals surface area contributed by atoms with Crippen molar-refractivity contribution >= 4 is 23.3 Å². The third kappa shape index (κ3) is 5.42. The summed E-state index contributed by atoms with van der Waals surface area (Å²) in [7, 11) is 1.53. The van der Waals surface area contributed by atoms with E-state index in [0.717, 1.165) is 0 Å². The molecular weight excluding hydrogens is 302 g/mol. The molecule has 0 saturated heterocycles. The molecule has 8 heteroatoms. The zero-order valence-electron chi connectivity index (χ0n) is 12.9. The van der Waals surface area contributed by atoms with Gasteiger partial charge in [-0.2, -0.15) is 0 Å². The Morgan fingerprint density at radius 1 is 1.43 bits per heavy atom. The first kappa shape index (κ1) is 18.1. The number of hydrogen-bond donors (Lipinski definition) is 2. The summed E-state index contributed by atoms with van der Waals surface area (Å²) in [5.41, 5.74) is 0.166. The first-order valence-electron chi connectivity index (χ1n) is 6.94.